The molecule has 3 amide bonds. The smallest absolute Gasteiger partial charge is 0.323 e. The number of nitrogens with one attached hydrogen (secondary N) is 2. The summed E-state index contributed by atoms with van der Waals surface area (Å²) in [5, 5.41) is 6.00. The molecule has 0 aliphatic carbocycles. The molecule has 0 radical (unpaired) electrons. The van der Waals surface area contributed by atoms with E-state index in [1.165, 1.54) is 4.90 Å². The minimum Gasteiger partial charge on any atom is -0.323 e. The van der Waals surface area contributed by atoms with E-state index in [1.54, 1.807) is 6.92 Å². The summed E-state index contributed by atoms with van der Waals surface area (Å²) in [7, 11) is 0. The summed E-state index contributed by atoms with van der Waals surface area (Å²) in [6.45, 7) is 8.11. The average Bonchev–Trinajstić information content (AvgIpc) is 2.52. The van der Waals surface area contributed by atoms with E-state index in [0.29, 0.717) is 13.0 Å². The molecule has 1 fully saturated rings. The highest BCUT2D eigenvalue weighted by molar-refractivity contribution is 6.06. The summed E-state index contributed by atoms with van der Waals surface area (Å²) in [5.41, 5.74) is -0.700. The van der Waals surface area contributed by atoms with Crippen molar-refractivity contribution < 1.29 is 9.59 Å². The first-order valence-corrected chi connectivity index (χ1v) is 6.40. The van der Waals surface area contributed by atoms with Gasteiger partial charge in [0.1, 0.15) is 5.54 Å². The van der Waals surface area contributed by atoms with Gasteiger partial charge in [-0.2, -0.15) is 0 Å². The second-order valence-corrected chi connectivity index (χ2v) is 4.68. The molecule has 1 heterocycles. The van der Waals surface area contributed by atoms with Gasteiger partial charge in [-0.3, -0.25) is 9.69 Å². The fourth-order valence-electron chi connectivity index (χ4n) is 1.85. The molecule has 1 aliphatic heterocycles. The number of hydrogen-bond acceptors (Lipinski definition) is 3. The van der Waals surface area contributed by atoms with Gasteiger partial charge in [-0.25, -0.2) is 4.79 Å². The number of amides is 3. The van der Waals surface area contributed by atoms with Crippen molar-refractivity contribution in [2.75, 3.05) is 19.6 Å². The Morgan fingerprint density at radius 3 is 2.53 bits per heavy atom. The number of urea groups is 1. The molecule has 0 spiro atoms. The molecule has 0 aromatic rings. The fourth-order valence-corrected chi connectivity index (χ4v) is 1.85. The number of carbonyl (C=O) groups excluding carboxylic acids is 2. The standard InChI is InChI=1S/C12H23N3O2/c1-4-7-13-8-6-9-15-10(16)12(3,5-2)14-11(15)17/h13H,4-9H2,1-3H3,(H,14,17). The van der Waals surface area contributed by atoms with Gasteiger partial charge in [0.15, 0.2) is 0 Å². The van der Waals surface area contributed by atoms with Crippen LogP contribution in [0, 0.1) is 0 Å². The topological polar surface area (TPSA) is 61.4 Å². The Morgan fingerprint density at radius 2 is 2.00 bits per heavy atom. The van der Waals surface area contributed by atoms with Gasteiger partial charge in [-0.05, 0) is 39.3 Å². The molecule has 98 valence electrons. The van der Waals surface area contributed by atoms with E-state index in [4.69, 9.17) is 0 Å². The first kappa shape index (κ1) is 14.0. The second kappa shape index (κ2) is 6.00. The van der Waals surface area contributed by atoms with Crippen LogP contribution in [0.2, 0.25) is 0 Å². The van der Waals surface area contributed by atoms with Crippen LogP contribution in [0.1, 0.15) is 40.0 Å². The van der Waals surface area contributed by atoms with E-state index >= 15 is 0 Å². The van der Waals surface area contributed by atoms with Crippen molar-refractivity contribution in [2.45, 2.75) is 45.6 Å². The molecule has 5 nitrogen and oxygen atoms in total. The minimum atomic E-state index is -0.700. The van der Waals surface area contributed by atoms with Crippen LogP contribution in [0.15, 0.2) is 0 Å². The first-order valence-electron chi connectivity index (χ1n) is 6.40. The SMILES string of the molecule is CCCNCCCN1C(=O)NC(C)(CC)C1=O. The summed E-state index contributed by atoms with van der Waals surface area (Å²) in [5.74, 6) is -0.0968. The van der Waals surface area contributed by atoms with Crippen LogP contribution in [-0.2, 0) is 4.79 Å². The van der Waals surface area contributed by atoms with Gasteiger partial charge in [-0.1, -0.05) is 13.8 Å². The normalized spacial score (nSPS) is 24.3. The number of nitrogens with zero attached hydrogens (tertiary/aromatic N) is 1. The predicted molar refractivity (Wildman–Crippen MR) is 66.7 cm³/mol. The van der Waals surface area contributed by atoms with E-state index < -0.39 is 5.54 Å². The van der Waals surface area contributed by atoms with Crippen LogP contribution >= 0.6 is 0 Å². The van der Waals surface area contributed by atoms with Gasteiger partial charge in [0.25, 0.3) is 5.91 Å². The molecule has 17 heavy (non-hydrogen) atoms. The maximum atomic E-state index is 12.0. The lowest BCUT2D eigenvalue weighted by molar-refractivity contribution is -0.130. The van der Waals surface area contributed by atoms with Gasteiger partial charge in [-0.15, -0.1) is 0 Å². The van der Waals surface area contributed by atoms with Gasteiger partial charge < -0.3 is 10.6 Å². The van der Waals surface area contributed by atoms with E-state index in [1.807, 2.05) is 6.92 Å². The average molecular weight is 241 g/mol. The Morgan fingerprint density at radius 1 is 1.29 bits per heavy atom. The lowest BCUT2D eigenvalue weighted by atomic mass is 9.99. The predicted octanol–water partition coefficient (Wildman–Crippen LogP) is 1.10. The largest absolute Gasteiger partial charge is 0.325 e. The van der Waals surface area contributed by atoms with Crippen molar-refractivity contribution in [2.24, 2.45) is 0 Å². The molecule has 0 saturated carbocycles. The molecule has 0 aromatic carbocycles. The summed E-state index contributed by atoms with van der Waals surface area (Å²) >= 11 is 0. The van der Waals surface area contributed by atoms with Crippen molar-refractivity contribution in [3.63, 3.8) is 0 Å². The molecule has 1 unspecified atom stereocenters. The lowest BCUT2D eigenvalue weighted by Crippen LogP contribution is -2.43. The van der Waals surface area contributed by atoms with Gasteiger partial charge in [0, 0.05) is 6.54 Å². The number of rotatable bonds is 7. The van der Waals surface area contributed by atoms with Crippen LogP contribution in [0.4, 0.5) is 4.79 Å². The summed E-state index contributed by atoms with van der Waals surface area (Å²) in [4.78, 5) is 25.0. The van der Waals surface area contributed by atoms with E-state index in [-0.39, 0.29) is 11.9 Å². The van der Waals surface area contributed by atoms with Gasteiger partial charge in [0.2, 0.25) is 0 Å². The van der Waals surface area contributed by atoms with Crippen LogP contribution < -0.4 is 10.6 Å². The highest BCUT2D eigenvalue weighted by atomic mass is 16.2. The maximum Gasteiger partial charge on any atom is 0.325 e. The zero-order valence-electron chi connectivity index (χ0n) is 11.0. The Bertz CT molecular complexity index is 293. The Balaban J connectivity index is 2.39. The molecule has 2 N–H and O–H groups in total. The van der Waals surface area contributed by atoms with Crippen molar-refractivity contribution in [1.82, 2.24) is 15.5 Å². The molecule has 0 aromatic heterocycles. The molecular formula is C12H23N3O2. The van der Waals surface area contributed by atoms with E-state index in [2.05, 4.69) is 17.6 Å². The molecule has 1 rings (SSSR count). The monoisotopic (exact) mass is 241 g/mol. The number of hydrogen-bond donors (Lipinski definition) is 2. The Kier molecular flexibility index (Phi) is 4.93. The first-order chi connectivity index (χ1) is 8.05. The maximum absolute atomic E-state index is 12.0. The summed E-state index contributed by atoms with van der Waals surface area (Å²) in [6, 6.07) is -0.255. The molecular weight excluding hydrogens is 218 g/mol. The number of carbonyl (C=O) groups is 2. The van der Waals surface area contributed by atoms with Gasteiger partial charge in [0.05, 0.1) is 0 Å². The molecule has 1 atom stereocenters. The third-order valence-electron chi connectivity index (χ3n) is 3.21. The highest BCUT2D eigenvalue weighted by Crippen LogP contribution is 2.20. The Hall–Kier alpha value is -1.10. The van der Waals surface area contributed by atoms with Crippen LogP contribution in [-0.4, -0.2) is 42.0 Å². The zero-order valence-corrected chi connectivity index (χ0v) is 11.0. The van der Waals surface area contributed by atoms with Crippen molar-refractivity contribution >= 4 is 11.9 Å². The third-order valence-corrected chi connectivity index (χ3v) is 3.21. The van der Waals surface area contributed by atoms with E-state index in [9.17, 15) is 9.59 Å². The zero-order chi connectivity index (χ0) is 12.9. The third kappa shape index (κ3) is 3.19. The second-order valence-electron chi connectivity index (χ2n) is 4.68. The van der Waals surface area contributed by atoms with Crippen LogP contribution in [0.3, 0.4) is 0 Å². The van der Waals surface area contributed by atoms with Crippen LogP contribution in [0.5, 0.6) is 0 Å². The molecule has 0 bridgehead atoms. The summed E-state index contributed by atoms with van der Waals surface area (Å²) < 4.78 is 0. The molecule has 1 aliphatic rings. The quantitative estimate of drug-likeness (QED) is 0.518. The van der Waals surface area contributed by atoms with Crippen LogP contribution in [0.25, 0.3) is 0 Å². The van der Waals surface area contributed by atoms with Crippen molar-refractivity contribution in [1.29, 1.82) is 0 Å². The van der Waals surface area contributed by atoms with E-state index in [0.717, 1.165) is 25.9 Å². The Labute approximate surface area is 103 Å². The lowest BCUT2D eigenvalue weighted by Gasteiger charge is -2.19. The highest BCUT2D eigenvalue weighted by Gasteiger charge is 2.45. The fraction of sp³-hybridized carbons (Fsp3) is 0.833. The van der Waals surface area contributed by atoms with Crippen molar-refractivity contribution in [3.8, 4) is 0 Å². The number of imide groups is 1. The summed E-state index contributed by atoms with van der Waals surface area (Å²) in [6.07, 6.45) is 2.53. The van der Waals surface area contributed by atoms with Crippen molar-refractivity contribution in [3.05, 3.63) is 0 Å². The minimum absolute atomic E-state index is 0.0968. The molecule has 5 heteroatoms. The molecule has 1 saturated heterocycles. The van der Waals surface area contributed by atoms with Gasteiger partial charge >= 0.3 is 6.03 Å².